The SMILES string of the molecule is COc1cc(CO)ccc1OCCC1CCNCC1. The molecule has 2 N–H and O–H groups in total. The van der Waals surface area contributed by atoms with E-state index in [0.29, 0.717) is 5.75 Å². The Kier molecular flexibility index (Phi) is 5.48. The number of aliphatic hydroxyl groups is 1. The fraction of sp³-hybridized carbons (Fsp3) is 0.600. The molecule has 1 fully saturated rings. The van der Waals surface area contributed by atoms with Gasteiger partial charge in [-0.1, -0.05) is 6.07 Å². The molecule has 0 bridgehead atoms. The molecular formula is C15H23NO3. The zero-order chi connectivity index (χ0) is 13.5. The van der Waals surface area contributed by atoms with Gasteiger partial charge in [0.25, 0.3) is 0 Å². The Hall–Kier alpha value is -1.26. The third-order valence-electron chi connectivity index (χ3n) is 3.65. The molecule has 0 saturated carbocycles. The molecule has 1 aromatic rings. The summed E-state index contributed by atoms with van der Waals surface area (Å²) in [6.07, 6.45) is 3.57. The van der Waals surface area contributed by atoms with Crippen LogP contribution in [-0.2, 0) is 6.61 Å². The third kappa shape index (κ3) is 4.11. The predicted octanol–water partition coefficient (Wildman–Crippen LogP) is 1.96. The van der Waals surface area contributed by atoms with Crippen LogP contribution in [0.4, 0.5) is 0 Å². The van der Waals surface area contributed by atoms with Crippen molar-refractivity contribution in [1.29, 1.82) is 0 Å². The maximum atomic E-state index is 9.09. The summed E-state index contributed by atoms with van der Waals surface area (Å²) in [5.41, 5.74) is 0.836. The van der Waals surface area contributed by atoms with Crippen LogP contribution in [0.25, 0.3) is 0 Å². The fourth-order valence-electron chi connectivity index (χ4n) is 2.44. The first kappa shape index (κ1) is 14.2. The summed E-state index contributed by atoms with van der Waals surface area (Å²) in [6, 6.07) is 5.55. The standard InChI is InChI=1S/C15H23NO3/c1-18-15-10-13(11-17)2-3-14(15)19-9-6-12-4-7-16-8-5-12/h2-3,10,12,16-17H,4-9,11H2,1H3. The number of hydrogen-bond donors (Lipinski definition) is 2. The normalized spacial score (nSPS) is 16.3. The van der Waals surface area contributed by atoms with E-state index in [4.69, 9.17) is 14.6 Å². The van der Waals surface area contributed by atoms with Crippen LogP contribution in [0.3, 0.4) is 0 Å². The van der Waals surface area contributed by atoms with Crippen LogP contribution in [-0.4, -0.2) is 31.9 Å². The number of aliphatic hydroxyl groups excluding tert-OH is 1. The van der Waals surface area contributed by atoms with Crippen LogP contribution in [0.5, 0.6) is 11.5 Å². The molecule has 106 valence electrons. The smallest absolute Gasteiger partial charge is 0.161 e. The third-order valence-corrected chi connectivity index (χ3v) is 3.65. The first-order chi connectivity index (χ1) is 9.33. The minimum atomic E-state index is 0.0196. The van der Waals surface area contributed by atoms with Gasteiger partial charge in [0.2, 0.25) is 0 Å². The van der Waals surface area contributed by atoms with Crippen LogP contribution in [0, 0.1) is 5.92 Å². The van der Waals surface area contributed by atoms with Gasteiger partial charge in [-0.25, -0.2) is 0 Å². The van der Waals surface area contributed by atoms with Gasteiger partial charge in [-0.3, -0.25) is 0 Å². The van der Waals surface area contributed by atoms with Crippen LogP contribution in [0.1, 0.15) is 24.8 Å². The van der Waals surface area contributed by atoms with Crippen molar-refractivity contribution in [3.8, 4) is 11.5 Å². The van der Waals surface area contributed by atoms with Crippen LogP contribution < -0.4 is 14.8 Å². The number of nitrogens with one attached hydrogen (secondary N) is 1. The Morgan fingerprint density at radius 3 is 2.74 bits per heavy atom. The Balaban J connectivity index is 1.84. The Labute approximate surface area is 114 Å². The van der Waals surface area contributed by atoms with Gasteiger partial charge in [0.05, 0.1) is 20.3 Å². The van der Waals surface area contributed by atoms with Crippen molar-refractivity contribution in [2.45, 2.75) is 25.9 Å². The number of benzene rings is 1. The van der Waals surface area contributed by atoms with Crippen molar-refractivity contribution in [2.24, 2.45) is 5.92 Å². The molecule has 0 amide bonds. The summed E-state index contributed by atoms with van der Waals surface area (Å²) >= 11 is 0. The second-order valence-corrected chi connectivity index (χ2v) is 4.97. The molecule has 1 aliphatic heterocycles. The minimum Gasteiger partial charge on any atom is -0.493 e. The molecule has 0 aliphatic carbocycles. The molecule has 0 radical (unpaired) electrons. The zero-order valence-corrected chi connectivity index (χ0v) is 11.5. The second-order valence-electron chi connectivity index (χ2n) is 4.97. The monoisotopic (exact) mass is 265 g/mol. The summed E-state index contributed by atoms with van der Waals surface area (Å²) in [6.45, 7) is 2.99. The van der Waals surface area contributed by atoms with E-state index in [2.05, 4.69) is 5.32 Å². The lowest BCUT2D eigenvalue weighted by Gasteiger charge is -2.22. The second kappa shape index (κ2) is 7.36. The summed E-state index contributed by atoms with van der Waals surface area (Å²) in [4.78, 5) is 0. The molecule has 1 aromatic carbocycles. The maximum Gasteiger partial charge on any atom is 0.161 e. The van der Waals surface area contributed by atoms with E-state index in [1.807, 2.05) is 18.2 Å². The van der Waals surface area contributed by atoms with Gasteiger partial charge in [-0.15, -0.1) is 0 Å². The highest BCUT2D eigenvalue weighted by Gasteiger charge is 2.13. The number of hydrogen-bond acceptors (Lipinski definition) is 4. The van der Waals surface area contributed by atoms with E-state index < -0.39 is 0 Å². The lowest BCUT2D eigenvalue weighted by molar-refractivity contribution is 0.242. The molecule has 0 unspecified atom stereocenters. The van der Waals surface area contributed by atoms with E-state index in [-0.39, 0.29) is 6.61 Å². The topological polar surface area (TPSA) is 50.7 Å². The predicted molar refractivity (Wildman–Crippen MR) is 74.6 cm³/mol. The summed E-state index contributed by atoms with van der Waals surface area (Å²) < 4.78 is 11.1. The molecular weight excluding hydrogens is 242 g/mol. The molecule has 0 atom stereocenters. The van der Waals surface area contributed by atoms with E-state index in [1.54, 1.807) is 7.11 Å². The molecule has 0 aromatic heterocycles. The number of piperidine rings is 1. The van der Waals surface area contributed by atoms with Crippen molar-refractivity contribution in [1.82, 2.24) is 5.32 Å². The summed E-state index contributed by atoms with van der Waals surface area (Å²) in [5.74, 6) is 2.22. The van der Waals surface area contributed by atoms with Gasteiger partial charge in [0.15, 0.2) is 11.5 Å². The van der Waals surface area contributed by atoms with E-state index >= 15 is 0 Å². The molecule has 1 heterocycles. The average Bonchev–Trinajstić information content (AvgIpc) is 2.48. The fourth-order valence-corrected chi connectivity index (χ4v) is 2.44. The first-order valence-corrected chi connectivity index (χ1v) is 6.94. The maximum absolute atomic E-state index is 9.09. The molecule has 4 heteroatoms. The molecule has 1 saturated heterocycles. The molecule has 1 aliphatic rings. The average molecular weight is 265 g/mol. The number of rotatable bonds is 6. The van der Waals surface area contributed by atoms with Crippen LogP contribution in [0.2, 0.25) is 0 Å². The molecule has 4 nitrogen and oxygen atoms in total. The minimum absolute atomic E-state index is 0.0196. The Morgan fingerprint density at radius 1 is 1.26 bits per heavy atom. The van der Waals surface area contributed by atoms with Crippen molar-refractivity contribution in [3.63, 3.8) is 0 Å². The zero-order valence-electron chi connectivity index (χ0n) is 11.5. The van der Waals surface area contributed by atoms with Gasteiger partial charge in [-0.05, 0) is 56.0 Å². The van der Waals surface area contributed by atoms with Gasteiger partial charge in [0, 0.05) is 0 Å². The summed E-state index contributed by atoms with van der Waals surface area (Å²) in [7, 11) is 1.62. The van der Waals surface area contributed by atoms with Crippen molar-refractivity contribution in [2.75, 3.05) is 26.8 Å². The van der Waals surface area contributed by atoms with Crippen molar-refractivity contribution < 1.29 is 14.6 Å². The lowest BCUT2D eigenvalue weighted by Crippen LogP contribution is -2.28. The highest BCUT2D eigenvalue weighted by atomic mass is 16.5. The van der Waals surface area contributed by atoms with Gasteiger partial charge < -0.3 is 19.9 Å². The Morgan fingerprint density at radius 2 is 2.05 bits per heavy atom. The van der Waals surface area contributed by atoms with E-state index in [1.165, 1.54) is 12.8 Å². The van der Waals surface area contributed by atoms with Gasteiger partial charge in [-0.2, -0.15) is 0 Å². The van der Waals surface area contributed by atoms with Crippen LogP contribution >= 0.6 is 0 Å². The van der Waals surface area contributed by atoms with Crippen molar-refractivity contribution >= 4 is 0 Å². The first-order valence-electron chi connectivity index (χ1n) is 6.94. The molecule has 19 heavy (non-hydrogen) atoms. The van der Waals surface area contributed by atoms with Gasteiger partial charge in [0.1, 0.15) is 0 Å². The number of ether oxygens (including phenoxy) is 2. The largest absolute Gasteiger partial charge is 0.493 e. The number of methoxy groups -OCH3 is 1. The molecule has 2 rings (SSSR count). The Bertz CT molecular complexity index is 389. The van der Waals surface area contributed by atoms with E-state index in [0.717, 1.165) is 43.3 Å². The van der Waals surface area contributed by atoms with Crippen molar-refractivity contribution in [3.05, 3.63) is 23.8 Å². The summed E-state index contributed by atoms with van der Waals surface area (Å²) in [5, 5.41) is 12.5. The van der Waals surface area contributed by atoms with Gasteiger partial charge >= 0.3 is 0 Å². The molecule has 0 spiro atoms. The highest BCUT2D eigenvalue weighted by molar-refractivity contribution is 5.42. The highest BCUT2D eigenvalue weighted by Crippen LogP contribution is 2.28. The lowest BCUT2D eigenvalue weighted by atomic mass is 9.95. The van der Waals surface area contributed by atoms with E-state index in [9.17, 15) is 0 Å². The van der Waals surface area contributed by atoms with Crippen LogP contribution in [0.15, 0.2) is 18.2 Å². The quantitative estimate of drug-likeness (QED) is 0.825.